The number of hydrogen-bond donors (Lipinski definition) is 1. The van der Waals surface area contributed by atoms with Gasteiger partial charge in [-0.2, -0.15) is 0 Å². The van der Waals surface area contributed by atoms with Crippen molar-refractivity contribution in [3.8, 4) is 0 Å². The lowest BCUT2D eigenvalue weighted by atomic mass is 9.71. The van der Waals surface area contributed by atoms with Gasteiger partial charge in [-0.3, -0.25) is 0 Å². The molecule has 3 heteroatoms. The first-order valence-electron chi connectivity index (χ1n) is 6.71. The van der Waals surface area contributed by atoms with Gasteiger partial charge in [0.25, 0.3) is 0 Å². The Balaban J connectivity index is 2.28. The second kappa shape index (κ2) is 6.03. The molecular weight excluding hydrogens is 249 g/mol. The van der Waals surface area contributed by atoms with E-state index in [4.69, 9.17) is 11.6 Å². The molecule has 1 saturated carbocycles. The summed E-state index contributed by atoms with van der Waals surface area (Å²) in [5.74, 6) is 1.45. The average molecular weight is 270 g/mol. The lowest BCUT2D eigenvalue weighted by Crippen LogP contribution is -2.30. The lowest BCUT2D eigenvalue weighted by molar-refractivity contribution is 0.245. The largest absolute Gasteiger partial charge is 0.319 e. The molecule has 3 unspecified atom stereocenters. The molecule has 1 aromatic carbocycles. The van der Waals surface area contributed by atoms with E-state index in [9.17, 15) is 4.39 Å². The molecule has 0 radical (unpaired) electrons. The summed E-state index contributed by atoms with van der Waals surface area (Å²) in [5.41, 5.74) is 0.989. The summed E-state index contributed by atoms with van der Waals surface area (Å²) in [6.45, 7) is 3.25. The highest BCUT2D eigenvalue weighted by molar-refractivity contribution is 6.31. The Kier molecular flexibility index (Phi) is 4.63. The Bertz CT molecular complexity index is 407. The molecule has 0 bridgehead atoms. The van der Waals surface area contributed by atoms with Gasteiger partial charge < -0.3 is 5.32 Å². The third-order valence-electron chi connectivity index (χ3n) is 4.08. The zero-order chi connectivity index (χ0) is 13.1. The van der Waals surface area contributed by atoms with E-state index >= 15 is 0 Å². The van der Waals surface area contributed by atoms with Gasteiger partial charge in [-0.05, 0) is 68.0 Å². The zero-order valence-electron chi connectivity index (χ0n) is 11.0. The molecule has 18 heavy (non-hydrogen) atoms. The van der Waals surface area contributed by atoms with E-state index in [1.165, 1.54) is 18.9 Å². The fourth-order valence-electron chi connectivity index (χ4n) is 3.13. The summed E-state index contributed by atoms with van der Waals surface area (Å²) < 4.78 is 13.4. The van der Waals surface area contributed by atoms with E-state index in [0.29, 0.717) is 22.8 Å². The van der Waals surface area contributed by atoms with Gasteiger partial charge in [-0.25, -0.2) is 4.39 Å². The van der Waals surface area contributed by atoms with Crippen molar-refractivity contribution in [3.63, 3.8) is 0 Å². The van der Waals surface area contributed by atoms with E-state index < -0.39 is 0 Å². The molecule has 0 heterocycles. The van der Waals surface area contributed by atoms with Gasteiger partial charge in [-0.1, -0.05) is 24.9 Å². The van der Waals surface area contributed by atoms with Crippen LogP contribution in [0.2, 0.25) is 5.02 Å². The topological polar surface area (TPSA) is 12.0 Å². The fraction of sp³-hybridized carbons (Fsp3) is 0.600. The van der Waals surface area contributed by atoms with E-state index in [2.05, 4.69) is 12.2 Å². The van der Waals surface area contributed by atoms with Crippen LogP contribution in [-0.4, -0.2) is 13.6 Å². The number of benzene rings is 1. The van der Waals surface area contributed by atoms with E-state index in [0.717, 1.165) is 18.5 Å². The van der Waals surface area contributed by atoms with Crippen LogP contribution in [0.5, 0.6) is 0 Å². The van der Waals surface area contributed by atoms with Crippen LogP contribution in [-0.2, 0) is 0 Å². The highest BCUT2D eigenvalue weighted by Crippen LogP contribution is 2.42. The Morgan fingerprint density at radius 1 is 1.39 bits per heavy atom. The molecule has 1 fully saturated rings. The molecule has 100 valence electrons. The Morgan fingerprint density at radius 3 is 2.89 bits per heavy atom. The highest BCUT2D eigenvalue weighted by atomic mass is 35.5. The van der Waals surface area contributed by atoms with Crippen LogP contribution >= 0.6 is 11.6 Å². The van der Waals surface area contributed by atoms with Crippen LogP contribution in [0, 0.1) is 17.7 Å². The molecular formula is C15H21ClFN. The summed E-state index contributed by atoms with van der Waals surface area (Å²) in [4.78, 5) is 0. The number of rotatable bonds is 3. The van der Waals surface area contributed by atoms with Crippen LogP contribution in [0.1, 0.15) is 37.7 Å². The van der Waals surface area contributed by atoms with E-state index in [-0.39, 0.29) is 5.82 Å². The summed E-state index contributed by atoms with van der Waals surface area (Å²) in [5, 5.41) is 3.95. The first-order valence-corrected chi connectivity index (χ1v) is 7.09. The molecule has 0 aromatic heterocycles. The van der Waals surface area contributed by atoms with Crippen molar-refractivity contribution >= 4 is 11.6 Å². The molecule has 1 aromatic rings. The van der Waals surface area contributed by atoms with Crippen molar-refractivity contribution in [2.24, 2.45) is 11.8 Å². The first-order chi connectivity index (χ1) is 8.61. The molecule has 1 nitrogen and oxygen atoms in total. The normalized spacial score (nSPS) is 28.3. The smallest absolute Gasteiger partial charge is 0.123 e. The van der Waals surface area contributed by atoms with E-state index in [1.807, 2.05) is 7.05 Å². The maximum Gasteiger partial charge on any atom is 0.123 e. The van der Waals surface area contributed by atoms with Crippen LogP contribution in [0.15, 0.2) is 18.2 Å². The van der Waals surface area contributed by atoms with Gasteiger partial charge in [0.05, 0.1) is 0 Å². The minimum absolute atomic E-state index is 0.184. The molecule has 2 rings (SSSR count). The SMILES string of the molecule is CNCC1CCC(C)CC1c1cc(F)ccc1Cl. The third kappa shape index (κ3) is 3.04. The molecule has 1 N–H and O–H groups in total. The maximum atomic E-state index is 13.4. The Morgan fingerprint density at radius 2 is 2.17 bits per heavy atom. The van der Waals surface area contributed by atoms with Gasteiger partial charge in [0, 0.05) is 5.02 Å². The monoisotopic (exact) mass is 269 g/mol. The van der Waals surface area contributed by atoms with Crippen molar-refractivity contribution in [3.05, 3.63) is 34.6 Å². The predicted molar refractivity (Wildman–Crippen MR) is 74.6 cm³/mol. The standard InChI is InChI=1S/C15H21ClFN/c1-10-3-4-11(9-18-2)13(7-10)14-8-12(17)5-6-15(14)16/h5-6,8,10-11,13,18H,3-4,7,9H2,1-2H3. The number of halogens is 2. The second-order valence-electron chi connectivity index (χ2n) is 5.51. The third-order valence-corrected chi connectivity index (χ3v) is 4.42. The molecule has 0 aliphatic heterocycles. The summed E-state index contributed by atoms with van der Waals surface area (Å²) in [6, 6.07) is 4.74. The Hall–Kier alpha value is -0.600. The number of nitrogens with one attached hydrogen (secondary N) is 1. The predicted octanol–water partition coefficient (Wildman–Crippen LogP) is 4.22. The zero-order valence-corrected chi connectivity index (χ0v) is 11.8. The molecule has 3 atom stereocenters. The summed E-state index contributed by atoms with van der Waals surface area (Å²) in [6.07, 6.45) is 3.56. The van der Waals surface area contributed by atoms with Gasteiger partial charge in [0.15, 0.2) is 0 Å². The number of hydrogen-bond acceptors (Lipinski definition) is 1. The van der Waals surface area contributed by atoms with Crippen LogP contribution in [0.3, 0.4) is 0 Å². The van der Waals surface area contributed by atoms with Crippen molar-refractivity contribution in [1.29, 1.82) is 0 Å². The molecule has 0 spiro atoms. The average Bonchev–Trinajstić information content (AvgIpc) is 2.35. The van der Waals surface area contributed by atoms with Gasteiger partial charge in [0.1, 0.15) is 5.82 Å². The minimum Gasteiger partial charge on any atom is -0.319 e. The van der Waals surface area contributed by atoms with Gasteiger partial charge in [-0.15, -0.1) is 0 Å². The molecule has 0 saturated heterocycles. The van der Waals surface area contributed by atoms with Crippen molar-refractivity contribution < 1.29 is 4.39 Å². The lowest BCUT2D eigenvalue weighted by Gasteiger charge is -2.35. The Labute approximate surface area is 114 Å². The van der Waals surface area contributed by atoms with E-state index in [1.54, 1.807) is 12.1 Å². The molecule has 1 aliphatic carbocycles. The summed E-state index contributed by atoms with van der Waals surface area (Å²) >= 11 is 6.26. The van der Waals surface area contributed by atoms with Crippen molar-refractivity contribution in [2.75, 3.05) is 13.6 Å². The van der Waals surface area contributed by atoms with Crippen molar-refractivity contribution in [2.45, 2.75) is 32.1 Å². The van der Waals surface area contributed by atoms with Gasteiger partial charge in [0.2, 0.25) is 0 Å². The van der Waals surface area contributed by atoms with Crippen LogP contribution in [0.4, 0.5) is 4.39 Å². The molecule has 0 amide bonds. The quantitative estimate of drug-likeness (QED) is 0.866. The second-order valence-corrected chi connectivity index (χ2v) is 5.92. The summed E-state index contributed by atoms with van der Waals surface area (Å²) in [7, 11) is 1.97. The highest BCUT2D eigenvalue weighted by Gasteiger charge is 2.30. The molecule has 1 aliphatic rings. The van der Waals surface area contributed by atoms with Gasteiger partial charge >= 0.3 is 0 Å². The maximum absolute atomic E-state index is 13.4. The minimum atomic E-state index is -0.184. The first kappa shape index (κ1) is 13.8. The van der Waals surface area contributed by atoms with Crippen LogP contribution in [0.25, 0.3) is 0 Å². The van der Waals surface area contributed by atoms with Crippen molar-refractivity contribution in [1.82, 2.24) is 5.32 Å². The van der Waals surface area contributed by atoms with Crippen LogP contribution < -0.4 is 5.32 Å². The fourth-order valence-corrected chi connectivity index (χ4v) is 3.39.